The molecule has 3 N–H and O–H groups in total. The lowest BCUT2D eigenvalue weighted by atomic mass is 10.3. The lowest BCUT2D eigenvalue weighted by molar-refractivity contribution is 0.243. The summed E-state index contributed by atoms with van der Waals surface area (Å²) in [6.07, 6.45) is 0.697. The first-order valence-corrected chi connectivity index (χ1v) is 5.19. The number of benzene rings is 1. The van der Waals surface area contributed by atoms with Crippen LogP contribution in [0.3, 0.4) is 0 Å². The molecule has 0 aliphatic heterocycles. The Hall–Kier alpha value is -2.04. The minimum Gasteiger partial charge on any atom is -0.342 e. The van der Waals surface area contributed by atoms with Crippen LogP contribution < -0.4 is 10.6 Å². The van der Waals surface area contributed by atoms with E-state index in [2.05, 4.69) is 20.6 Å². The molecule has 0 spiro atoms. The van der Waals surface area contributed by atoms with Crippen LogP contribution in [0.15, 0.2) is 24.3 Å². The van der Waals surface area contributed by atoms with E-state index in [0.29, 0.717) is 13.0 Å². The zero-order chi connectivity index (χ0) is 11.4. The zero-order valence-electron chi connectivity index (χ0n) is 9.08. The third kappa shape index (κ3) is 2.31. The van der Waals surface area contributed by atoms with Gasteiger partial charge in [0, 0.05) is 20.0 Å². The number of fused-ring (bicyclic) bond motifs is 1. The Kier molecular flexibility index (Phi) is 3.05. The Balaban J connectivity index is 1.97. The van der Waals surface area contributed by atoms with Gasteiger partial charge in [-0.1, -0.05) is 12.1 Å². The number of hydrogen-bond acceptors (Lipinski definition) is 2. The largest absolute Gasteiger partial charge is 0.342 e. The second-order valence-corrected chi connectivity index (χ2v) is 3.46. The van der Waals surface area contributed by atoms with Gasteiger partial charge in [0.2, 0.25) is 0 Å². The average Bonchev–Trinajstić information content (AvgIpc) is 2.71. The number of hydrogen-bond donors (Lipinski definition) is 3. The van der Waals surface area contributed by atoms with E-state index in [4.69, 9.17) is 0 Å². The van der Waals surface area contributed by atoms with E-state index in [1.807, 2.05) is 24.3 Å². The van der Waals surface area contributed by atoms with Gasteiger partial charge in [0.05, 0.1) is 11.0 Å². The first-order valence-electron chi connectivity index (χ1n) is 5.19. The van der Waals surface area contributed by atoms with Crippen molar-refractivity contribution in [3.8, 4) is 0 Å². The van der Waals surface area contributed by atoms with Crippen LogP contribution in [-0.4, -0.2) is 29.6 Å². The maximum Gasteiger partial charge on any atom is 0.314 e. The van der Waals surface area contributed by atoms with Crippen molar-refractivity contribution < 1.29 is 4.79 Å². The summed E-state index contributed by atoms with van der Waals surface area (Å²) in [6.45, 7) is 0.569. The number of aromatic nitrogens is 2. The number of carbonyl (C=O) groups excluding carboxylic acids is 1. The summed E-state index contributed by atoms with van der Waals surface area (Å²) >= 11 is 0. The highest BCUT2D eigenvalue weighted by Crippen LogP contribution is 2.09. The van der Waals surface area contributed by atoms with Gasteiger partial charge in [-0.3, -0.25) is 0 Å². The molecule has 2 rings (SSSR count). The van der Waals surface area contributed by atoms with Gasteiger partial charge in [0.15, 0.2) is 0 Å². The van der Waals surface area contributed by atoms with Crippen LogP contribution >= 0.6 is 0 Å². The van der Waals surface area contributed by atoms with Crippen molar-refractivity contribution in [3.05, 3.63) is 30.1 Å². The molecule has 0 atom stereocenters. The van der Waals surface area contributed by atoms with Crippen molar-refractivity contribution in [3.63, 3.8) is 0 Å². The molecule has 16 heavy (non-hydrogen) atoms. The number of nitrogens with one attached hydrogen (secondary N) is 3. The van der Waals surface area contributed by atoms with E-state index < -0.39 is 0 Å². The van der Waals surface area contributed by atoms with Crippen LogP contribution in [0.25, 0.3) is 11.0 Å². The topological polar surface area (TPSA) is 69.8 Å². The van der Waals surface area contributed by atoms with Crippen LogP contribution in [-0.2, 0) is 6.42 Å². The van der Waals surface area contributed by atoms with Crippen molar-refractivity contribution in [1.29, 1.82) is 0 Å². The van der Waals surface area contributed by atoms with Crippen LogP contribution in [0, 0.1) is 0 Å². The van der Waals surface area contributed by atoms with Gasteiger partial charge in [-0.05, 0) is 12.1 Å². The highest BCUT2D eigenvalue weighted by atomic mass is 16.2. The van der Waals surface area contributed by atoms with E-state index in [1.54, 1.807) is 7.05 Å². The summed E-state index contributed by atoms with van der Waals surface area (Å²) in [4.78, 5) is 18.5. The fourth-order valence-corrected chi connectivity index (χ4v) is 1.51. The van der Waals surface area contributed by atoms with Gasteiger partial charge in [-0.25, -0.2) is 9.78 Å². The maximum absolute atomic E-state index is 10.9. The van der Waals surface area contributed by atoms with Crippen LogP contribution in [0.1, 0.15) is 5.82 Å². The molecule has 0 saturated heterocycles. The van der Waals surface area contributed by atoms with Crippen molar-refractivity contribution in [1.82, 2.24) is 20.6 Å². The second-order valence-electron chi connectivity index (χ2n) is 3.46. The zero-order valence-corrected chi connectivity index (χ0v) is 9.08. The van der Waals surface area contributed by atoms with E-state index in [-0.39, 0.29) is 6.03 Å². The maximum atomic E-state index is 10.9. The molecule has 0 unspecified atom stereocenters. The van der Waals surface area contributed by atoms with Crippen molar-refractivity contribution in [2.45, 2.75) is 6.42 Å². The number of aromatic amines is 1. The number of H-pyrrole nitrogens is 1. The van der Waals surface area contributed by atoms with Crippen LogP contribution in [0.5, 0.6) is 0 Å². The molecule has 0 fully saturated rings. The predicted octanol–water partition coefficient (Wildman–Crippen LogP) is 1.03. The minimum atomic E-state index is -0.170. The summed E-state index contributed by atoms with van der Waals surface area (Å²) in [5.41, 5.74) is 1.98. The number of amides is 2. The number of rotatable bonds is 3. The van der Waals surface area contributed by atoms with Gasteiger partial charge >= 0.3 is 6.03 Å². The molecule has 1 aromatic heterocycles. The Bertz CT molecular complexity index is 458. The lowest BCUT2D eigenvalue weighted by Crippen LogP contribution is -2.34. The quantitative estimate of drug-likeness (QED) is 0.720. The van der Waals surface area contributed by atoms with Gasteiger partial charge in [0.25, 0.3) is 0 Å². The van der Waals surface area contributed by atoms with Crippen molar-refractivity contribution in [2.24, 2.45) is 0 Å². The molecule has 0 bridgehead atoms. The Morgan fingerprint density at radius 3 is 3.00 bits per heavy atom. The third-order valence-electron chi connectivity index (χ3n) is 2.31. The standard InChI is InChI=1S/C11H14N4O/c1-12-11(16)13-7-6-10-14-8-4-2-3-5-9(8)15-10/h2-5H,6-7H2,1H3,(H,14,15)(H2,12,13,16). The van der Waals surface area contributed by atoms with Gasteiger partial charge < -0.3 is 15.6 Å². The molecular weight excluding hydrogens is 204 g/mol. The van der Waals surface area contributed by atoms with E-state index in [0.717, 1.165) is 16.9 Å². The number of urea groups is 1. The van der Waals surface area contributed by atoms with E-state index in [9.17, 15) is 4.79 Å². The number of imidazole rings is 1. The number of carbonyl (C=O) groups is 1. The summed E-state index contributed by atoms with van der Waals surface area (Å²) in [5.74, 6) is 0.887. The molecular formula is C11H14N4O. The van der Waals surface area contributed by atoms with Crippen LogP contribution in [0.2, 0.25) is 0 Å². The molecule has 5 nitrogen and oxygen atoms in total. The van der Waals surface area contributed by atoms with Crippen molar-refractivity contribution in [2.75, 3.05) is 13.6 Å². The van der Waals surface area contributed by atoms with E-state index >= 15 is 0 Å². The SMILES string of the molecule is CNC(=O)NCCc1nc2ccccc2[nH]1. The molecule has 0 aliphatic carbocycles. The summed E-state index contributed by atoms with van der Waals surface area (Å²) in [7, 11) is 1.59. The molecule has 0 saturated carbocycles. The average molecular weight is 218 g/mol. The van der Waals surface area contributed by atoms with Crippen LogP contribution in [0.4, 0.5) is 4.79 Å². The van der Waals surface area contributed by atoms with Gasteiger partial charge in [-0.15, -0.1) is 0 Å². The Labute approximate surface area is 93.3 Å². The minimum absolute atomic E-state index is 0.170. The summed E-state index contributed by atoms with van der Waals surface area (Å²) in [5, 5.41) is 5.21. The molecule has 84 valence electrons. The Morgan fingerprint density at radius 2 is 2.25 bits per heavy atom. The smallest absolute Gasteiger partial charge is 0.314 e. The molecule has 5 heteroatoms. The second kappa shape index (κ2) is 4.65. The molecule has 1 heterocycles. The predicted molar refractivity (Wildman–Crippen MR) is 62.3 cm³/mol. The van der Waals surface area contributed by atoms with E-state index in [1.165, 1.54) is 0 Å². The fourth-order valence-electron chi connectivity index (χ4n) is 1.51. The fraction of sp³-hybridized carbons (Fsp3) is 0.273. The lowest BCUT2D eigenvalue weighted by Gasteiger charge is -2.01. The number of nitrogens with zero attached hydrogens (tertiary/aromatic N) is 1. The summed E-state index contributed by atoms with van der Waals surface area (Å²) < 4.78 is 0. The molecule has 2 aromatic rings. The normalized spacial score (nSPS) is 10.3. The third-order valence-corrected chi connectivity index (χ3v) is 2.31. The highest BCUT2D eigenvalue weighted by molar-refractivity contribution is 5.75. The Morgan fingerprint density at radius 1 is 1.44 bits per heavy atom. The molecule has 1 aromatic carbocycles. The van der Waals surface area contributed by atoms with Gasteiger partial charge in [0.1, 0.15) is 5.82 Å². The van der Waals surface area contributed by atoms with Crippen molar-refractivity contribution >= 4 is 17.1 Å². The highest BCUT2D eigenvalue weighted by Gasteiger charge is 2.02. The first-order chi connectivity index (χ1) is 7.79. The number of para-hydroxylation sites is 2. The molecule has 2 amide bonds. The molecule has 0 aliphatic rings. The monoisotopic (exact) mass is 218 g/mol. The van der Waals surface area contributed by atoms with Gasteiger partial charge in [-0.2, -0.15) is 0 Å². The summed E-state index contributed by atoms with van der Waals surface area (Å²) in [6, 6.07) is 7.69. The molecule has 0 radical (unpaired) electrons. The first kappa shape index (κ1) is 10.5.